The van der Waals surface area contributed by atoms with Crippen LogP contribution in [-0.2, 0) is 36.7 Å². The Bertz CT molecular complexity index is 1180. The summed E-state index contributed by atoms with van der Waals surface area (Å²) in [4.78, 5) is 54.6. The van der Waals surface area contributed by atoms with Gasteiger partial charge < -0.3 is 25.0 Å². The van der Waals surface area contributed by atoms with Gasteiger partial charge in [-0.05, 0) is 71.1 Å². The van der Waals surface area contributed by atoms with Crippen LogP contribution in [0.1, 0.15) is 84.5 Å². The Balaban J connectivity index is 2.44. The number of hydrogen-bond donors (Lipinski definition) is 2. The molecule has 0 saturated heterocycles. The summed E-state index contributed by atoms with van der Waals surface area (Å²) in [5.74, 6) is -1.55. The molecule has 0 aromatic heterocycles. The van der Waals surface area contributed by atoms with E-state index in [1.54, 1.807) is 41.5 Å². The van der Waals surface area contributed by atoms with Gasteiger partial charge in [-0.15, -0.1) is 0 Å². The average Bonchev–Trinajstić information content (AvgIpc) is 2.90. The highest BCUT2D eigenvalue weighted by Gasteiger charge is 2.35. The number of benzene rings is 2. The lowest BCUT2D eigenvalue weighted by Gasteiger charge is -2.33. The minimum absolute atomic E-state index is 0.213. The van der Waals surface area contributed by atoms with Crippen molar-refractivity contribution in [3.8, 4) is 0 Å². The topological polar surface area (TPSA) is 114 Å². The van der Waals surface area contributed by atoms with Crippen LogP contribution in [0.25, 0.3) is 0 Å². The number of carbonyl (C=O) groups is 4. The number of aryl methyl sites for hydroxylation is 1. The van der Waals surface area contributed by atoms with Crippen molar-refractivity contribution < 1.29 is 28.7 Å². The van der Waals surface area contributed by atoms with Crippen molar-refractivity contribution in [2.45, 2.75) is 97.9 Å². The normalized spacial score (nSPS) is 13.0. The Labute approximate surface area is 250 Å². The van der Waals surface area contributed by atoms with Crippen LogP contribution < -0.4 is 10.6 Å². The van der Waals surface area contributed by atoms with E-state index in [1.165, 1.54) is 4.90 Å². The average molecular weight is 582 g/mol. The first-order valence-corrected chi connectivity index (χ1v) is 14.6. The quantitative estimate of drug-likeness (QED) is 0.336. The number of alkyl carbamates (subject to hydrolysis) is 1. The maximum Gasteiger partial charge on any atom is 0.408 e. The van der Waals surface area contributed by atoms with Gasteiger partial charge in [0.05, 0.1) is 0 Å². The van der Waals surface area contributed by atoms with E-state index in [0.717, 1.165) is 17.5 Å². The molecule has 230 valence electrons. The lowest BCUT2D eigenvalue weighted by molar-refractivity contribution is -0.159. The molecule has 2 aromatic carbocycles. The molecular weight excluding hydrogens is 534 g/mol. The number of nitrogens with zero attached hydrogens (tertiary/aromatic N) is 1. The number of carbonyl (C=O) groups excluding carboxylic acids is 4. The maximum absolute atomic E-state index is 14.1. The second-order valence-electron chi connectivity index (χ2n) is 12.2. The maximum atomic E-state index is 14.1. The number of ether oxygens (including phenoxy) is 2. The van der Waals surface area contributed by atoms with Gasteiger partial charge in [0.15, 0.2) is 0 Å². The Hall–Kier alpha value is -3.88. The van der Waals surface area contributed by atoms with Crippen LogP contribution in [0.2, 0.25) is 0 Å². The van der Waals surface area contributed by atoms with Crippen LogP contribution in [0, 0.1) is 0 Å². The Morgan fingerprint density at radius 3 is 1.93 bits per heavy atom. The van der Waals surface area contributed by atoms with Crippen LogP contribution >= 0.6 is 0 Å². The summed E-state index contributed by atoms with van der Waals surface area (Å²) in [6.45, 7) is 14.3. The van der Waals surface area contributed by atoms with Crippen molar-refractivity contribution in [1.82, 2.24) is 15.5 Å². The third-order valence-electron chi connectivity index (χ3n) is 6.12. The summed E-state index contributed by atoms with van der Waals surface area (Å²) in [7, 11) is 0. The van der Waals surface area contributed by atoms with Crippen molar-refractivity contribution in [3.05, 3.63) is 71.3 Å². The van der Waals surface area contributed by atoms with E-state index < -0.39 is 47.2 Å². The summed E-state index contributed by atoms with van der Waals surface area (Å²) in [5, 5.41) is 5.39. The molecule has 2 unspecified atom stereocenters. The van der Waals surface area contributed by atoms with Gasteiger partial charge in [0.25, 0.3) is 0 Å². The van der Waals surface area contributed by atoms with Gasteiger partial charge >= 0.3 is 12.1 Å². The Morgan fingerprint density at radius 2 is 1.40 bits per heavy atom. The molecule has 2 aromatic rings. The van der Waals surface area contributed by atoms with Crippen LogP contribution in [0.5, 0.6) is 0 Å². The third kappa shape index (κ3) is 11.5. The largest absolute Gasteiger partial charge is 0.458 e. The first-order valence-electron chi connectivity index (χ1n) is 14.6. The number of esters is 1. The molecule has 0 saturated carbocycles. The molecule has 0 bridgehead atoms. The fourth-order valence-corrected chi connectivity index (χ4v) is 4.28. The second-order valence-corrected chi connectivity index (χ2v) is 12.2. The van der Waals surface area contributed by atoms with E-state index in [0.29, 0.717) is 12.0 Å². The van der Waals surface area contributed by atoms with Gasteiger partial charge in [-0.3, -0.25) is 9.59 Å². The molecule has 0 heterocycles. The number of hydrogen-bond acceptors (Lipinski definition) is 6. The van der Waals surface area contributed by atoms with Gasteiger partial charge in [-0.2, -0.15) is 0 Å². The summed E-state index contributed by atoms with van der Waals surface area (Å²) < 4.78 is 10.9. The molecule has 2 N–H and O–H groups in total. The van der Waals surface area contributed by atoms with Crippen molar-refractivity contribution in [2.24, 2.45) is 0 Å². The molecule has 0 radical (unpaired) electrons. The molecule has 0 aliphatic rings. The predicted molar refractivity (Wildman–Crippen MR) is 163 cm³/mol. The number of nitrogens with one attached hydrogen (secondary N) is 2. The molecule has 0 aliphatic carbocycles. The minimum Gasteiger partial charge on any atom is -0.458 e. The summed E-state index contributed by atoms with van der Waals surface area (Å²) >= 11 is 0. The van der Waals surface area contributed by atoms with E-state index in [1.807, 2.05) is 68.4 Å². The van der Waals surface area contributed by atoms with E-state index in [2.05, 4.69) is 10.6 Å². The third-order valence-corrected chi connectivity index (χ3v) is 6.12. The van der Waals surface area contributed by atoms with Gasteiger partial charge in [0, 0.05) is 13.0 Å². The van der Waals surface area contributed by atoms with Gasteiger partial charge in [0.1, 0.15) is 29.8 Å². The van der Waals surface area contributed by atoms with Crippen molar-refractivity contribution >= 4 is 23.9 Å². The van der Waals surface area contributed by atoms with E-state index >= 15 is 0 Å². The fraction of sp³-hybridized carbons (Fsp3) is 0.515. The van der Waals surface area contributed by atoms with Crippen molar-refractivity contribution in [1.29, 1.82) is 0 Å². The summed E-state index contributed by atoms with van der Waals surface area (Å²) in [6, 6.07) is 14.8. The number of amides is 3. The molecule has 0 aliphatic heterocycles. The Kier molecular flexibility index (Phi) is 12.6. The molecule has 0 spiro atoms. The van der Waals surface area contributed by atoms with Crippen LogP contribution in [0.15, 0.2) is 54.6 Å². The molecule has 3 amide bonds. The van der Waals surface area contributed by atoms with Crippen LogP contribution in [0.4, 0.5) is 4.79 Å². The van der Waals surface area contributed by atoms with Crippen molar-refractivity contribution in [2.75, 3.05) is 13.1 Å². The molecular formula is C33H47N3O6. The van der Waals surface area contributed by atoms with Gasteiger partial charge in [0.2, 0.25) is 11.8 Å². The monoisotopic (exact) mass is 581 g/mol. The molecule has 9 nitrogen and oxygen atoms in total. The second kappa shape index (κ2) is 15.4. The molecule has 2 rings (SSSR count). The summed E-state index contributed by atoms with van der Waals surface area (Å²) in [5.41, 5.74) is 1.03. The zero-order chi connectivity index (χ0) is 31.5. The lowest BCUT2D eigenvalue weighted by atomic mass is 9.99. The van der Waals surface area contributed by atoms with Gasteiger partial charge in [-0.1, -0.05) is 68.4 Å². The first kappa shape index (κ1) is 34.3. The molecule has 42 heavy (non-hydrogen) atoms. The SMILES string of the molecule is CCCN(C(=O)CNC(=O)OC(C)(C)C)C(C(=O)NC(Cc1ccccc1)C(=O)OC(C)(C)C)c1ccc(CC)cc1. The molecule has 0 fully saturated rings. The van der Waals surface area contributed by atoms with E-state index in [4.69, 9.17) is 9.47 Å². The van der Waals surface area contributed by atoms with Crippen LogP contribution in [-0.4, -0.2) is 59.1 Å². The van der Waals surface area contributed by atoms with E-state index in [-0.39, 0.29) is 19.5 Å². The highest BCUT2D eigenvalue weighted by Crippen LogP contribution is 2.24. The lowest BCUT2D eigenvalue weighted by Crippen LogP contribution is -2.52. The smallest absolute Gasteiger partial charge is 0.408 e. The minimum atomic E-state index is -1.05. The summed E-state index contributed by atoms with van der Waals surface area (Å²) in [6.07, 6.45) is 0.861. The Morgan fingerprint density at radius 1 is 0.810 bits per heavy atom. The zero-order valence-electron chi connectivity index (χ0n) is 26.3. The standard InChI is InChI=1S/C33H47N3O6/c1-9-20-36(27(37)22-34-31(40)42-33(6,7)8)28(25-18-16-23(10-2)17-19-25)29(38)35-26(30(39)41-32(3,4)5)21-24-14-12-11-13-15-24/h11-19,26,28H,9-10,20-22H2,1-8H3,(H,34,40)(H,35,38). The number of rotatable bonds is 12. The molecule has 9 heteroatoms. The van der Waals surface area contributed by atoms with Gasteiger partial charge in [-0.25, -0.2) is 9.59 Å². The van der Waals surface area contributed by atoms with Crippen LogP contribution in [0.3, 0.4) is 0 Å². The van der Waals surface area contributed by atoms with E-state index in [9.17, 15) is 19.2 Å². The highest BCUT2D eigenvalue weighted by molar-refractivity contribution is 5.92. The zero-order valence-corrected chi connectivity index (χ0v) is 26.3. The highest BCUT2D eigenvalue weighted by atomic mass is 16.6. The fourth-order valence-electron chi connectivity index (χ4n) is 4.28. The molecule has 2 atom stereocenters. The first-order chi connectivity index (χ1) is 19.6. The van der Waals surface area contributed by atoms with Crippen molar-refractivity contribution in [3.63, 3.8) is 0 Å². The predicted octanol–water partition coefficient (Wildman–Crippen LogP) is 5.12.